The van der Waals surface area contributed by atoms with Crippen molar-refractivity contribution in [3.8, 4) is 5.75 Å². The van der Waals surface area contributed by atoms with E-state index in [9.17, 15) is 19.1 Å². The molecule has 1 atom stereocenters. The van der Waals surface area contributed by atoms with E-state index in [1.807, 2.05) is 0 Å². The second-order valence-corrected chi connectivity index (χ2v) is 12.1. The number of ether oxygens (including phenoxy) is 1. The Morgan fingerprint density at radius 2 is 1.93 bits per heavy atom. The van der Waals surface area contributed by atoms with Crippen LogP contribution in [0.4, 0.5) is 9.52 Å². The molecule has 0 aliphatic carbocycles. The Labute approximate surface area is 256 Å². The number of carbonyl (C=O) groups is 2. The molecular weight excluding hydrogens is 624 g/mol. The predicted molar refractivity (Wildman–Crippen MR) is 159 cm³/mol. The van der Waals surface area contributed by atoms with Crippen molar-refractivity contribution in [2.24, 2.45) is 0 Å². The van der Waals surface area contributed by atoms with Crippen molar-refractivity contribution >= 4 is 74.1 Å². The minimum Gasteiger partial charge on any atom is -0.503 e. The van der Waals surface area contributed by atoms with Crippen LogP contribution < -0.4 is 9.64 Å². The van der Waals surface area contributed by atoms with E-state index in [1.165, 1.54) is 48.0 Å². The second-order valence-electron chi connectivity index (χ2n) is 9.06. The first kappa shape index (κ1) is 28.2. The maximum Gasteiger partial charge on any atom is 0.296 e. The molecule has 13 heteroatoms. The maximum absolute atomic E-state index is 14.1. The number of aliphatic hydroxyl groups is 1. The highest BCUT2D eigenvalue weighted by atomic mass is 35.5. The van der Waals surface area contributed by atoms with E-state index >= 15 is 0 Å². The Morgan fingerprint density at radius 3 is 2.69 bits per heavy atom. The lowest BCUT2D eigenvalue weighted by molar-refractivity contribution is -0.117. The molecule has 3 aromatic carbocycles. The summed E-state index contributed by atoms with van der Waals surface area (Å²) in [5.41, 5.74) is 0.998. The van der Waals surface area contributed by atoms with E-state index < -0.39 is 23.5 Å². The van der Waals surface area contributed by atoms with Crippen molar-refractivity contribution in [3.63, 3.8) is 0 Å². The average Bonchev–Trinajstić information content (AvgIpc) is 3.70. The molecule has 1 N–H and O–H groups in total. The van der Waals surface area contributed by atoms with E-state index in [1.54, 1.807) is 42.5 Å². The van der Waals surface area contributed by atoms with Gasteiger partial charge in [-0.2, -0.15) is 0 Å². The number of hydrogen-bond acceptors (Lipinski definition) is 9. The van der Waals surface area contributed by atoms with Crippen molar-refractivity contribution in [2.75, 3.05) is 12.0 Å². The van der Waals surface area contributed by atoms with Crippen LogP contribution in [-0.4, -0.2) is 34.1 Å². The zero-order valence-electron chi connectivity index (χ0n) is 21.5. The lowest BCUT2D eigenvalue weighted by Gasteiger charge is -2.24. The molecule has 0 saturated carbocycles. The third-order valence-corrected chi connectivity index (χ3v) is 9.42. The van der Waals surface area contributed by atoms with Crippen LogP contribution in [0, 0.1) is 5.82 Å². The number of nitrogens with zero attached hydrogens (tertiary/aromatic N) is 3. The highest BCUT2D eigenvalue weighted by molar-refractivity contribution is 8.00. The van der Waals surface area contributed by atoms with Crippen LogP contribution in [0.3, 0.4) is 0 Å². The Morgan fingerprint density at radius 1 is 1.12 bits per heavy atom. The van der Waals surface area contributed by atoms with Gasteiger partial charge in [-0.3, -0.25) is 14.5 Å². The molecule has 3 heterocycles. The van der Waals surface area contributed by atoms with Gasteiger partial charge in [0, 0.05) is 11.1 Å². The highest BCUT2D eigenvalue weighted by Gasteiger charge is 2.47. The number of ketones is 1. The average molecular weight is 643 g/mol. The van der Waals surface area contributed by atoms with Crippen molar-refractivity contribution in [1.29, 1.82) is 0 Å². The lowest BCUT2D eigenvalue weighted by atomic mass is 9.95. The molecule has 42 heavy (non-hydrogen) atoms. The Kier molecular flexibility index (Phi) is 7.67. The Hall–Kier alpha value is -3.90. The first-order chi connectivity index (χ1) is 20.3. The van der Waals surface area contributed by atoms with Gasteiger partial charge in [-0.1, -0.05) is 82.7 Å². The SMILES string of the molecule is COc1cccc2cc(C(=O)C3=C(O)C(=O)N(c4nnc(SCc5ccccc5F)s4)C3c3ccc(Cl)c(Cl)c3)oc12. The van der Waals surface area contributed by atoms with Gasteiger partial charge < -0.3 is 14.3 Å². The van der Waals surface area contributed by atoms with Gasteiger partial charge in [0.1, 0.15) is 5.82 Å². The fourth-order valence-electron chi connectivity index (χ4n) is 4.59. The highest BCUT2D eigenvalue weighted by Crippen LogP contribution is 2.45. The van der Waals surface area contributed by atoms with Gasteiger partial charge in [0.05, 0.1) is 28.8 Å². The topological polar surface area (TPSA) is 106 Å². The van der Waals surface area contributed by atoms with E-state index in [2.05, 4.69) is 10.2 Å². The summed E-state index contributed by atoms with van der Waals surface area (Å²) in [6, 6.07) is 16.6. The molecular formula is C29H18Cl2FN3O5S2. The monoisotopic (exact) mass is 641 g/mol. The van der Waals surface area contributed by atoms with Crippen molar-refractivity contribution < 1.29 is 28.2 Å². The largest absolute Gasteiger partial charge is 0.503 e. The van der Waals surface area contributed by atoms with Crippen LogP contribution in [0.1, 0.15) is 27.7 Å². The number of hydrogen-bond donors (Lipinski definition) is 1. The maximum atomic E-state index is 14.1. The number of Topliss-reactive ketones (excluding diaryl/α,β-unsaturated/α-hetero) is 1. The molecule has 5 aromatic rings. The molecule has 6 rings (SSSR count). The molecule has 1 aliphatic rings. The molecule has 1 aliphatic heterocycles. The zero-order chi connectivity index (χ0) is 29.5. The van der Waals surface area contributed by atoms with E-state index in [-0.39, 0.29) is 38.1 Å². The second kappa shape index (κ2) is 11.4. The number of fused-ring (bicyclic) bond motifs is 1. The molecule has 0 bridgehead atoms. The Bertz CT molecular complexity index is 1910. The molecule has 2 aromatic heterocycles. The third kappa shape index (κ3) is 5.02. The minimum atomic E-state index is -1.13. The smallest absolute Gasteiger partial charge is 0.296 e. The normalized spacial score (nSPS) is 15.2. The first-order valence-corrected chi connectivity index (χ1v) is 14.8. The van der Waals surface area contributed by atoms with Gasteiger partial charge in [0.2, 0.25) is 10.9 Å². The number of para-hydroxylation sites is 1. The van der Waals surface area contributed by atoms with Crippen LogP contribution in [0.25, 0.3) is 11.0 Å². The fourth-order valence-corrected chi connectivity index (χ4v) is 6.75. The minimum absolute atomic E-state index is 0.103. The number of benzene rings is 3. The van der Waals surface area contributed by atoms with Gasteiger partial charge in [-0.25, -0.2) is 4.39 Å². The van der Waals surface area contributed by atoms with E-state index in [0.717, 1.165) is 11.3 Å². The van der Waals surface area contributed by atoms with Gasteiger partial charge in [0.15, 0.2) is 27.2 Å². The molecule has 1 amide bonds. The number of aromatic nitrogens is 2. The quantitative estimate of drug-likeness (QED) is 0.104. The van der Waals surface area contributed by atoms with Gasteiger partial charge >= 0.3 is 0 Å². The van der Waals surface area contributed by atoms with Crippen LogP contribution >= 0.6 is 46.3 Å². The molecule has 1 unspecified atom stereocenters. The number of aliphatic hydroxyl groups excluding tert-OH is 1. The third-order valence-electron chi connectivity index (χ3n) is 6.57. The van der Waals surface area contributed by atoms with Crippen LogP contribution in [0.5, 0.6) is 5.75 Å². The summed E-state index contributed by atoms with van der Waals surface area (Å²) in [6.07, 6.45) is 0. The number of thioether (sulfide) groups is 1. The zero-order valence-corrected chi connectivity index (χ0v) is 24.7. The lowest BCUT2D eigenvalue weighted by Crippen LogP contribution is -2.31. The van der Waals surface area contributed by atoms with Crippen LogP contribution in [0.15, 0.2) is 86.8 Å². The number of methoxy groups -OCH3 is 1. The summed E-state index contributed by atoms with van der Waals surface area (Å²) < 4.78 is 25.7. The van der Waals surface area contributed by atoms with Crippen molar-refractivity contribution in [2.45, 2.75) is 16.1 Å². The number of furan rings is 1. The summed E-state index contributed by atoms with van der Waals surface area (Å²) in [5.74, 6) is -2.07. The van der Waals surface area contributed by atoms with Crippen molar-refractivity contribution in [1.82, 2.24) is 10.2 Å². The van der Waals surface area contributed by atoms with Crippen LogP contribution in [-0.2, 0) is 10.5 Å². The van der Waals surface area contributed by atoms with Gasteiger partial charge in [-0.05, 0) is 41.5 Å². The van der Waals surface area contributed by atoms with E-state index in [0.29, 0.717) is 32.2 Å². The summed E-state index contributed by atoms with van der Waals surface area (Å²) >= 11 is 14.8. The van der Waals surface area contributed by atoms with E-state index in [4.69, 9.17) is 32.4 Å². The van der Waals surface area contributed by atoms with Crippen LogP contribution in [0.2, 0.25) is 10.0 Å². The summed E-state index contributed by atoms with van der Waals surface area (Å²) in [7, 11) is 1.48. The number of rotatable bonds is 8. The summed E-state index contributed by atoms with van der Waals surface area (Å²) in [6.45, 7) is 0. The first-order valence-electron chi connectivity index (χ1n) is 12.3. The fraction of sp³-hybridized carbons (Fsp3) is 0.103. The number of amides is 1. The molecule has 212 valence electrons. The number of halogens is 3. The molecule has 0 saturated heterocycles. The summed E-state index contributed by atoms with van der Waals surface area (Å²) in [5, 5.41) is 20.6. The van der Waals surface area contributed by atoms with Crippen molar-refractivity contribution in [3.05, 3.63) is 111 Å². The predicted octanol–water partition coefficient (Wildman–Crippen LogP) is 7.81. The Balaban J connectivity index is 1.39. The number of carbonyl (C=O) groups excluding carboxylic acids is 2. The molecule has 0 radical (unpaired) electrons. The van der Waals surface area contributed by atoms with Gasteiger partial charge in [-0.15, -0.1) is 10.2 Å². The summed E-state index contributed by atoms with van der Waals surface area (Å²) in [4.78, 5) is 28.6. The molecule has 8 nitrogen and oxygen atoms in total. The molecule has 0 fully saturated rings. The number of anilines is 1. The standard InChI is InChI=1S/C29H18Cl2FN3O5S2/c1-39-20-8-4-6-15-12-21(40-26(15)20)24(36)22-23(14-9-10-17(30)18(31)11-14)35(27(38)25(22)37)28-33-34-29(42-28)41-13-16-5-2-3-7-19(16)32/h2-12,23,37H,13H2,1H3. The van der Waals surface area contributed by atoms with Gasteiger partial charge in [0.25, 0.3) is 5.91 Å². The molecule has 0 spiro atoms.